The van der Waals surface area contributed by atoms with E-state index in [1.54, 1.807) is 24.4 Å². The van der Waals surface area contributed by atoms with Crippen LogP contribution in [0.15, 0.2) is 30.6 Å². The fourth-order valence-electron chi connectivity index (χ4n) is 4.04. The van der Waals surface area contributed by atoms with Gasteiger partial charge >= 0.3 is 6.43 Å². The number of aromatic amines is 1. The van der Waals surface area contributed by atoms with Crippen molar-refractivity contribution in [1.82, 2.24) is 25.1 Å². The molecule has 5 rings (SSSR count). The quantitative estimate of drug-likeness (QED) is 0.336. The zero-order valence-corrected chi connectivity index (χ0v) is 18.7. The summed E-state index contributed by atoms with van der Waals surface area (Å²) in [5.41, 5.74) is 1.40. The Morgan fingerprint density at radius 3 is 2.74 bits per heavy atom. The van der Waals surface area contributed by atoms with Gasteiger partial charge in [-0.15, -0.1) is 0 Å². The lowest BCUT2D eigenvalue weighted by molar-refractivity contribution is -0.132. The van der Waals surface area contributed by atoms with Crippen molar-refractivity contribution in [3.05, 3.63) is 47.0 Å². The standard InChI is InChI=1S/C22H17ClF4N6O2/c1-8(29-22(35)20(26)27)15-18(25)17(23)16(12-7-28-31-19(12)15)9-2-3-33-10(4-9)5-14(32-33)30-21(34)11-6-13(11)24/h2-5,7-8,11,13,20H,6H2,1H3,(H,28,31)(H,29,35)(H,30,32,34). The highest BCUT2D eigenvalue weighted by atomic mass is 35.5. The predicted octanol–water partition coefficient (Wildman–Crippen LogP) is 4.41. The molecule has 3 heterocycles. The van der Waals surface area contributed by atoms with Crippen LogP contribution in [0.5, 0.6) is 0 Å². The lowest BCUT2D eigenvalue weighted by Crippen LogP contribution is -2.32. The molecular weight excluding hydrogens is 492 g/mol. The zero-order valence-electron chi connectivity index (χ0n) is 18.0. The van der Waals surface area contributed by atoms with E-state index >= 15 is 4.39 Å². The van der Waals surface area contributed by atoms with Crippen molar-refractivity contribution < 1.29 is 27.2 Å². The fraction of sp³-hybridized carbons (Fsp3) is 0.273. The lowest BCUT2D eigenvalue weighted by Gasteiger charge is -2.18. The van der Waals surface area contributed by atoms with Crippen molar-refractivity contribution in [2.45, 2.75) is 32.0 Å². The number of alkyl halides is 3. The number of halogens is 5. The third-order valence-electron chi connectivity index (χ3n) is 5.87. The highest BCUT2D eigenvalue weighted by Gasteiger charge is 2.43. The van der Waals surface area contributed by atoms with Gasteiger partial charge in [0.1, 0.15) is 12.0 Å². The average molecular weight is 509 g/mol. The smallest absolute Gasteiger partial charge is 0.315 e. The van der Waals surface area contributed by atoms with E-state index in [1.807, 2.05) is 0 Å². The first-order valence-corrected chi connectivity index (χ1v) is 10.9. The third-order valence-corrected chi connectivity index (χ3v) is 6.22. The van der Waals surface area contributed by atoms with Gasteiger partial charge in [-0.3, -0.25) is 14.7 Å². The van der Waals surface area contributed by atoms with Crippen LogP contribution in [0, 0.1) is 11.7 Å². The van der Waals surface area contributed by atoms with Crippen LogP contribution in [-0.4, -0.2) is 44.2 Å². The molecular formula is C22H17ClF4N6O2. The number of hydrogen-bond donors (Lipinski definition) is 3. The van der Waals surface area contributed by atoms with E-state index in [9.17, 15) is 22.8 Å². The number of nitrogens with one attached hydrogen (secondary N) is 3. The monoisotopic (exact) mass is 508 g/mol. The average Bonchev–Trinajstić information content (AvgIpc) is 3.17. The Morgan fingerprint density at radius 1 is 1.31 bits per heavy atom. The van der Waals surface area contributed by atoms with Gasteiger partial charge in [0, 0.05) is 28.8 Å². The second-order valence-corrected chi connectivity index (χ2v) is 8.65. The van der Waals surface area contributed by atoms with Gasteiger partial charge in [0.15, 0.2) is 5.82 Å². The number of carbonyl (C=O) groups excluding carboxylic acids is 2. The molecule has 3 atom stereocenters. The molecule has 4 aromatic rings. The molecule has 2 amide bonds. The van der Waals surface area contributed by atoms with Crippen LogP contribution in [-0.2, 0) is 9.59 Å². The van der Waals surface area contributed by atoms with Gasteiger partial charge in [0.25, 0.3) is 5.91 Å². The zero-order chi connectivity index (χ0) is 25.0. The van der Waals surface area contributed by atoms with Gasteiger partial charge in [0.2, 0.25) is 5.91 Å². The summed E-state index contributed by atoms with van der Waals surface area (Å²) in [5.74, 6) is -3.32. The van der Waals surface area contributed by atoms with Crippen molar-refractivity contribution >= 4 is 45.7 Å². The minimum absolute atomic E-state index is 0.109. The number of rotatable bonds is 6. The summed E-state index contributed by atoms with van der Waals surface area (Å²) in [6.45, 7) is 1.36. The maximum atomic E-state index is 15.4. The Labute approximate surface area is 199 Å². The number of amides is 2. The van der Waals surface area contributed by atoms with Crippen LogP contribution in [0.25, 0.3) is 27.5 Å². The van der Waals surface area contributed by atoms with Crippen LogP contribution < -0.4 is 10.6 Å². The van der Waals surface area contributed by atoms with Gasteiger partial charge in [-0.1, -0.05) is 11.6 Å². The molecule has 1 saturated carbocycles. The molecule has 3 aromatic heterocycles. The largest absolute Gasteiger partial charge is 0.344 e. The van der Waals surface area contributed by atoms with E-state index in [2.05, 4.69) is 25.9 Å². The highest BCUT2D eigenvalue weighted by Crippen LogP contribution is 2.41. The number of benzene rings is 1. The van der Waals surface area contributed by atoms with Crippen LogP contribution in [0.4, 0.5) is 23.4 Å². The minimum atomic E-state index is -3.26. The van der Waals surface area contributed by atoms with Crippen molar-refractivity contribution in [1.29, 1.82) is 0 Å². The van der Waals surface area contributed by atoms with E-state index in [4.69, 9.17) is 11.6 Å². The number of H-pyrrole nitrogens is 1. The molecule has 0 aliphatic heterocycles. The maximum Gasteiger partial charge on any atom is 0.315 e. The molecule has 8 nitrogen and oxygen atoms in total. The predicted molar refractivity (Wildman–Crippen MR) is 119 cm³/mol. The van der Waals surface area contributed by atoms with Crippen molar-refractivity contribution in [2.24, 2.45) is 5.92 Å². The molecule has 0 bridgehead atoms. The molecule has 1 aliphatic carbocycles. The second-order valence-electron chi connectivity index (χ2n) is 8.27. The second kappa shape index (κ2) is 8.52. The third kappa shape index (κ3) is 4.07. The number of nitrogens with zero attached hydrogens (tertiary/aromatic N) is 3. The summed E-state index contributed by atoms with van der Waals surface area (Å²) in [6.07, 6.45) is -1.21. The molecule has 13 heteroatoms. The van der Waals surface area contributed by atoms with Gasteiger partial charge in [0.05, 0.1) is 34.2 Å². The first-order valence-electron chi connectivity index (χ1n) is 10.5. The van der Waals surface area contributed by atoms with Crippen LogP contribution in [0.2, 0.25) is 5.02 Å². The molecule has 1 aliphatic rings. The number of fused-ring (bicyclic) bond motifs is 2. The van der Waals surface area contributed by atoms with Gasteiger partial charge in [-0.2, -0.15) is 19.0 Å². The summed E-state index contributed by atoms with van der Waals surface area (Å²) < 4.78 is 55.4. The summed E-state index contributed by atoms with van der Waals surface area (Å²) in [4.78, 5) is 23.4. The Balaban J connectivity index is 1.54. The van der Waals surface area contributed by atoms with Gasteiger partial charge in [-0.25, -0.2) is 13.3 Å². The summed E-state index contributed by atoms with van der Waals surface area (Å²) in [7, 11) is 0. The summed E-state index contributed by atoms with van der Waals surface area (Å²) >= 11 is 6.40. The first-order chi connectivity index (χ1) is 16.7. The SMILES string of the molecule is CC(NC(=O)C(F)F)c1c(F)c(Cl)c(-c2ccn3nc(NC(=O)C4CC4F)cc3c2)c2cn[nH]c12. The molecule has 3 N–H and O–H groups in total. The molecule has 0 radical (unpaired) electrons. The first kappa shape index (κ1) is 23.1. The Kier molecular flexibility index (Phi) is 5.62. The van der Waals surface area contributed by atoms with E-state index in [0.29, 0.717) is 16.5 Å². The number of aromatic nitrogens is 4. The number of hydrogen-bond acceptors (Lipinski definition) is 4. The van der Waals surface area contributed by atoms with E-state index in [0.717, 1.165) is 0 Å². The number of anilines is 1. The van der Waals surface area contributed by atoms with E-state index in [-0.39, 0.29) is 33.9 Å². The van der Waals surface area contributed by atoms with Crippen LogP contribution in [0.3, 0.4) is 0 Å². The Hall–Kier alpha value is -3.67. The topological polar surface area (TPSA) is 104 Å². The summed E-state index contributed by atoms with van der Waals surface area (Å²) in [5, 5.41) is 15.6. The Bertz CT molecular complexity index is 1490. The fourth-order valence-corrected chi connectivity index (χ4v) is 4.35. The Morgan fingerprint density at radius 2 is 2.06 bits per heavy atom. The van der Waals surface area contributed by atoms with Crippen LogP contribution >= 0.6 is 11.6 Å². The molecule has 1 fully saturated rings. The number of pyridine rings is 1. The molecule has 3 unspecified atom stereocenters. The normalized spacial score (nSPS) is 18.3. The molecule has 35 heavy (non-hydrogen) atoms. The summed E-state index contributed by atoms with van der Waals surface area (Å²) in [6, 6.07) is 3.74. The van der Waals surface area contributed by atoms with Crippen LogP contribution in [0.1, 0.15) is 24.9 Å². The van der Waals surface area contributed by atoms with E-state index < -0.39 is 42.2 Å². The minimum Gasteiger partial charge on any atom is -0.344 e. The molecule has 0 spiro atoms. The lowest BCUT2D eigenvalue weighted by atomic mass is 9.96. The van der Waals surface area contributed by atoms with Crippen molar-refractivity contribution in [3.63, 3.8) is 0 Å². The number of carbonyl (C=O) groups is 2. The van der Waals surface area contributed by atoms with E-state index in [1.165, 1.54) is 17.6 Å². The molecule has 0 saturated heterocycles. The van der Waals surface area contributed by atoms with Gasteiger partial charge in [-0.05, 0) is 31.0 Å². The maximum absolute atomic E-state index is 15.4. The molecule has 182 valence electrons. The van der Waals surface area contributed by atoms with Crippen molar-refractivity contribution in [2.75, 3.05) is 5.32 Å². The molecule has 1 aromatic carbocycles. The van der Waals surface area contributed by atoms with Crippen molar-refractivity contribution in [3.8, 4) is 11.1 Å². The van der Waals surface area contributed by atoms with Gasteiger partial charge < -0.3 is 10.6 Å². The highest BCUT2D eigenvalue weighted by molar-refractivity contribution is 6.35.